The van der Waals surface area contributed by atoms with Crippen LogP contribution in [-0.4, -0.2) is 23.8 Å². The standard InChI is InChI=1S/C17H16F3N3O2/c1-11-5-6-15(24)12(7-11)9-22-23-16(25)10-21-14-4-2-3-13(8-14)17(18,19)20/h2-9,21,24H,10H2,1H3,(H,23,25)/b22-9-. The number of amides is 1. The van der Waals surface area contributed by atoms with E-state index in [1.54, 1.807) is 12.1 Å². The normalized spacial score (nSPS) is 11.5. The van der Waals surface area contributed by atoms with Gasteiger partial charge in [-0.15, -0.1) is 0 Å². The molecule has 0 heterocycles. The summed E-state index contributed by atoms with van der Waals surface area (Å²) in [6.45, 7) is 1.59. The predicted molar refractivity (Wildman–Crippen MR) is 88.5 cm³/mol. The van der Waals surface area contributed by atoms with Gasteiger partial charge < -0.3 is 10.4 Å². The first-order valence-electron chi connectivity index (χ1n) is 7.28. The van der Waals surface area contributed by atoms with Gasteiger partial charge >= 0.3 is 6.18 Å². The molecule has 0 spiro atoms. The zero-order chi connectivity index (χ0) is 18.4. The fourth-order valence-electron chi connectivity index (χ4n) is 1.98. The number of hydrogen-bond acceptors (Lipinski definition) is 4. The number of hydrogen-bond donors (Lipinski definition) is 3. The fourth-order valence-corrected chi connectivity index (χ4v) is 1.98. The van der Waals surface area contributed by atoms with Gasteiger partial charge in [-0.05, 0) is 37.3 Å². The Labute approximate surface area is 142 Å². The van der Waals surface area contributed by atoms with Crippen LogP contribution in [0.2, 0.25) is 0 Å². The molecule has 3 N–H and O–H groups in total. The summed E-state index contributed by atoms with van der Waals surface area (Å²) in [5.74, 6) is -0.522. The molecule has 5 nitrogen and oxygen atoms in total. The number of aryl methyl sites for hydroxylation is 1. The van der Waals surface area contributed by atoms with E-state index in [4.69, 9.17) is 0 Å². The Morgan fingerprint density at radius 2 is 2.00 bits per heavy atom. The Kier molecular flexibility index (Phi) is 5.63. The number of rotatable bonds is 5. The molecule has 2 aromatic carbocycles. The Bertz CT molecular complexity index is 789. The maximum absolute atomic E-state index is 12.6. The molecule has 0 saturated heterocycles. The first-order chi connectivity index (χ1) is 11.8. The number of phenols is 1. The molecule has 0 fully saturated rings. The number of aromatic hydroxyl groups is 1. The van der Waals surface area contributed by atoms with Crippen molar-refractivity contribution in [3.8, 4) is 5.75 Å². The summed E-state index contributed by atoms with van der Waals surface area (Å²) in [6, 6.07) is 9.47. The number of benzene rings is 2. The highest BCUT2D eigenvalue weighted by atomic mass is 19.4. The molecule has 0 aliphatic rings. The fraction of sp³-hybridized carbons (Fsp3) is 0.176. The van der Waals surface area contributed by atoms with Gasteiger partial charge in [0, 0.05) is 11.3 Å². The highest BCUT2D eigenvalue weighted by molar-refractivity contribution is 5.86. The van der Waals surface area contributed by atoms with Gasteiger partial charge in [0.2, 0.25) is 0 Å². The monoisotopic (exact) mass is 351 g/mol. The molecular weight excluding hydrogens is 335 g/mol. The van der Waals surface area contributed by atoms with Crippen LogP contribution < -0.4 is 10.7 Å². The van der Waals surface area contributed by atoms with Crippen molar-refractivity contribution in [2.45, 2.75) is 13.1 Å². The lowest BCUT2D eigenvalue weighted by molar-refractivity contribution is -0.137. The molecule has 0 saturated carbocycles. The summed E-state index contributed by atoms with van der Waals surface area (Å²) in [6.07, 6.45) is -3.16. The molecule has 0 aliphatic heterocycles. The van der Waals surface area contributed by atoms with Crippen LogP contribution >= 0.6 is 0 Å². The van der Waals surface area contributed by atoms with Crippen molar-refractivity contribution >= 4 is 17.8 Å². The summed E-state index contributed by atoms with van der Waals surface area (Å²) in [4.78, 5) is 11.7. The van der Waals surface area contributed by atoms with E-state index in [-0.39, 0.29) is 18.0 Å². The van der Waals surface area contributed by atoms with Crippen molar-refractivity contribution in [2.24, 2.45) is 5.10 Å². The molecule has 0 bridgehead atoms. The number of carbonyl (C=O) groups excluding carboxylic acids is 1. The van der Waals surface area contributed by atoms with Gasteiger partial charge in [0.1, 0.15) is 5.75 Å². The number of alkyl halides is 3. The van der Waals surface area contributed by atoms with E-state index in [2.05, 4.69) is 15.8 Å². The van der Waals surface area contributed by atoms with Crippen LogP contribution in [0.3, 0.4) is 0 Å². The van der Waals surface area contributed by atoms with Crippen LogP contribution in [0.5, 0.6) is 5.75 Å². The van der Waals surface area contributed by atoms with E-state index in [0.717, 1.165) is 17.7 Å². The Morgan fingerprint density at radius 3 is 2.72 bits per heavy atom. The quantitative estimate of drug-likeness (QED) is 0.572. The first kappa shape index (κ1) is 18.3. The smallest absolute Gasteiger partial charge is 0.416 e. The molecule has 25 heavy (non-hydrogen) atoms. The van der Waals surface area contributed by atoms with Crippen LogP contribution in [0, 0.1) is 6.92 Å². The van der Waals surface area contributed by atoms with E-state index in [1.807, 2.05) is 6.92 Å². The number of halogens is 3. The Morgan fingerprint density at radius 1 is 1.24 bits per heavy atom. The third kappa shape index (κ3) is 5.52. The second kappa shape index (κ2) is 7.69. The van der Waals surface area contributed by atoms with Gasteiger partial charge in [0.15, 0.2) is 0 Å². The number of anilines is 1. The summed E-state index contributed by atoms with van der Waals surface area (Å²) in [7, 11) is 0. The molecule has 2 rings (SSSR count). The van der Waals surface area contributed by atoms with E-state index < -0.39 is 17.6 Å². The lowest BCUT2D eigenvalue weighted by atomic mass is 10.1. The summed E-state index contributed by atoms with van der Waals surface area (Å²) in [5, 5.41) is 15.9. The second-order valence-electron chi connectivity index (χ2n) is 5.29. The lowest BCUT2D eigenvalue weighted by Gasteiger charge is -2.10. The Hall–Kier alpha value is -3.03. The van der Waals surface area contributed by atoms with Crippen LogP contribution in [0.15, 0.2) is 47.6 Å². The van der Waals surface area contributed by atoms with E-state index in [9.17, 15) is 23.1 Å². The average Bonchev–Trinajstić information content (AvgIpc) is 2.55. The van der Waals surface area contributed by atoms with Crippen molar-refractivity contribution in [2.75, 3.05) is 11.9 Å². The van der Waals surface area contributed by atoms with Crippen molar-refractivity contribution in [1.29, 1.82) is 0 Å². The average molecular weight is 351 g/mol. The molecule has 2 aromatic rings. The van der Waals surface area contributed by atoms with Crippen LogP contribution in [0.25, 0.3) is 0 Å². The summed E-state index contributed by atoms with van der Waals surface area (Å²) >= 11 is 0. The summed E-state index contributed by atoms with van der Waals surface area (Å²) < 4.78 is 37.8. The van der Waals surface area contributed by atoms with E-state index in [1.165, 1.54) is 24.4 Å². The topological polar surface area (TPSA) is 73.7 Å². The first-order valence-corrected chi connectivity index (χ1v) is 7.28. The number of hydrazone groups is 1. The van der Waals surface area contributed by atoms with Gasteiger partial charge in [-0.25, -0.2) is 5.43 Å². The molecule has 0 atom stereocenters. The van der Waals surface area contributed by atoms with Crippen LogP contribution in [0.4, 0.5) is 18.9 Å². The number of carbonyl (C=O) groups is 1. The highest BCUT2D eigenvalue weighted by Crippen LogP contribution is 2.30. The van der Waals surface area contributed by atoms with E-state index >= 15 is 0 Å². The predicted octanol–water partition coefficient (Wildman–Crippen LogP) is 3.28. The highest BCUT2D eigenvalue weighted by Gasteiger charge is 2.30. The van der Waals surface area contributed by atoms with Crippen molar-refractivity contribution in [1.82, 2.24) is 5.43 Å². The SMILES string of the molecule is Cc1ccc(O)c(/C=N\NC(=O)CNc2cccc(C(F)(F)F)c2)c1. The van der Waals surface area contributed by atoms with Gasteiger partial charge in [0.25, 0.3) is 5.91 Å². The van der Waals surface area contributed by atoms with Gasteiger partial charge in [0.05, 0.1) is 18.3 Å². The zero-order valence-electron chi connectivity index (χ0n) is 13.3. The van der Waals surface area contributed by atoms with Crippen LogP contribution in [0.1, 0.15) is 16.7 Å². The van der Waals surface area contributed by atoms with Gasteiger partial charge in [-0.2, -0.15) is 18.3 Å². The number of nitrogens with one attached hydrogen (secondary N) is 2. The van der Waals surface area contributed by atoms with Crippen molar-refractivity contribution in [3.05, 3.63) is 59.2 Å². The maximum Gasteiger partial charge on any atom is 0.416 e. The minimum absolute atomic E-state index is 0.0192. The largest absolute Gasteiger partial charge is 0.507 e. The third-order valence-corrected chi connectivity index (χ3v) is 3.22. The molecule has 0 aliphatic carbocycles. The lowest BCUT2D eigenvalue weighted by Crippen LogP contribution is -2.26. The molecular formula is C17H16F3N3O2. The van der Waals surface area contributed by atoms with Crippen molar-refractivity contribution in [3.63, 3.8) is 0 Å². The third-order valence-electron chi connectivity index (χ3n) is 3.22. The van der Waals surface area contributed by atoms with E-state index in [0.29, 0.717) is 5.56 Å². The molecule has 1 amide bonds. The maximum atomic E-state index is 12.6. The Balaban J connectivity index is 1.89. The molecule has 0 aromatic heterocycles. The zero-order valence-corrected chi connectivity index (χ0v) is 13.3. The van der Waals surface area contributed by atoms with Crippen LogP contribution in [-0.2, 0) is 11.0 Å². The number of nitrogens with zero attached hydrogens (tertiary/aromatic N) is 1. The molecule has 8 heteroatoms. The molecule has 0 radical (unpaired) electrons. The second-order valence-corrected chi connectivity index (χ2v) is 5.29. The minimum Gasteiger partial charge on any atom is -0.507 e. The van der Waals surface area contributed by atoms with Gasteiger partial charge in [-0.1, -0.05) is 17.7 Å². The molecule has 132 valence electrons. The minimum atomic E-state index is -4.44. The molecule has 0 unspecified atom stereocenters. The summed E-state index contributed by atoms with van der Waals surface area (Å²) in [5.41, 5.74) is 2.95. The van der Waals surface area contributed by atoms with Gasteiger partial charge in [-0.3, -0.25) is 4.79 Å². The number of phenolic OH excluding ortho intramolecular Hbond substituents is 1. The van der Waals surface area contributed by atoms with Crippen molar-refractivity contribution < 1.29 is 23.1 Å².